The van der Waals surface area contributed by atoms with Crippen molar-refractivity contribution in [2.45, 2.75) is 46.3 Å². The van der Waals surface area contributed by atoms with E-state index in [1.165, 1.54) is 16.0 Å². The number of amides is 1. The molecule has 1 aliphatic heterocycles. The Hall–Kier alpha value is -2.34. The summed E-state index contributed by atoms with van der Waals surface area (Å²) in [5.41, 5.74) is 3.66. The van der Waals surface area contributed by atoms with Crippen molar-refractivity contribution in [2.75, 3.05) is 13.1 Å². The van der Waals surface area contributed by atoms with Gasteiger partial charge < -0.3 is 15.5 Å². The molecule has 144 valence electrons. The molecular weight excluding hydrogens is 356 g/mol. The van der Waals surface area contributed by atoms with Gasteiger partial charge in [0, 0.05) is 30.9 Å². The SMILES string of the molecule is CCNC(=NCc1ccc(CN2CCCC2=O)cc1)NCc1sccc1C. The first-order chi connectivity index (χ1) is 13.2. The number of hydrogen-bond acceptors (Lipinski definition) is 3. The first kappa shape index (κ1) is 19.4. The van der Waals surface area contributed by atoms with Gasteiger partial charge in [-0.1, -0.05) is 24.3 Å². The number of aryl methyl sites for hydroxylation is 1. The van der Waals surface area contributed by atoms with Gasteiger partial charge >= 0.3 is 0 Å². The van der Waals surface area contributed by atoms with Gasteiger partial charge in [-0.3, -0.25) is 4.79 Å². The Balaban J connectivity index is 1.55. The van der Waals surface area contributed by atoms with Crippen LogP contribution in [0.25, 0.3) is 0 Å². The van der Waals surface area contributed by atoms with E-state index in [2.05, 4.69) is 60.2 Å². The Morgan fingerprint density at radius 2 is 1.96 bits per heavy atom. The van der Waals surface area contributed by atoms with Crippen molar-refractivity contribution in [3.63, 3.8) is 0 Å². The van der Waals surface area contributed by atoms with E-state index in [0.29, 0.717) is 19.5 Å². The summed E-state index contributed by atoms with van der Waals surface area (Å²) < 4.78 is 0. The van der Waals surface area contributed by atoms with Gasteiger partial charge in [0.1, 0.15) is 0 Å². The molecule has 1 saturated heterocycles. The van der Waals surface area contributed by atoms with Crippen LogP contribution < -0.4 is 10.6 Å². The molecule has 1 amide bonds. The van der Waals surface area contributed by atoms with Gasteiger partial charge in [-0.15, -0.1) is 11.3 Å². The highest BCUT2D eigenvalue weighted by Crippen LogP contribution is 2.16. The maximum Gasteiger partial charge on any atom is 0.222 e. The Kier molecular flexibility index (Phi) is 6.87. The van der Waals surface area contributed by atoms with Crippen LogP contribution in [0.2, 0.25) is 0 Å². The van der Waals surface area contributed by atoms with Crippen LogP contribution in [0.1, 0.15) is 41.3 Å². The molecule has 1 fully saturated rings. The van der Waals surface area contributed by atoms with E-state index < -0.39 is 0 Å². The highest BCUT2D eigenvalue weighted by Gasteiger charge is 2.19. The first-order valence-corrected chi connectivity index (χ1v) is 10.4. The number of likely N-dealkylation sites (tertiary alicyclic amines) is 1. The highest BCUT2D eigenvalue weighted by atomic mass is 32.1. The molecule has 0 radical (unpaired) electrons. The second-order valence-corrected chi connectivity index (χ2v) is 7.81. The Morgan fingerprint density at radius 3 is 2.59 bits per heavy atom. The maximum atomic E-state index is 11.7. The molecule has 2 N–H and O–H groups in total. The topological polar surface area (TPSA) is 56.7 Å². The molecule has 0 spiro atoms. The quantitative estimate of drug-likeness (QED) is 0.568. The molecule has 2 aromatic rings. The van der Waals surface area contributed by atoms with Crippen molar-refractivity contribution in [1.82, 2.24) is 15.5 Å². The number of thiophene rings is 1. The zero-order valence-corrected chi connectivity index (χ0v) is 16.9. The molecule has 0 atom stereocenters. The standard InChI is InChI=1S/C21H28N4OS/c1-3-22-21(24-14-19-16(2)10-12-27-19)23-13-17-6-8-18(9-7-17)15-25-11-4-5-20(25)26/h6-10,12H,3-5,11,13-15H2,1-2H3,(H2,22,23,24). The third kappa shape index (κ3) is 5.57. The fourth-order valence-corrected chi connectivity index (χ4v) is 3.95. The molecule has 0 saturated carbocycles. The smallest absolute Gasteiger partial charge is 0.222 e. The normalized spacial score (nSPS) is 14.7. The molecule has 1 aromatic carbocycles. The van der Waals surface area contributed by atoms with E-state index in [1.807, 2.05) is 4.90 Å². The molecular formula is C21H28N4OS. The van der Waals surface area contributed by atoms with Gasteiger partial charge in [0.2, 0.25) is 5.91 Å². The first-order valence-electron chi connectivity index (χ1n) is 9.56. The predicted molar refractivity (Wildman–Crippen MR) is 112 cm³/mol. The molecule has 6 heteroatoms. The second kappa shape index (κ2) is 9.55. The van der Waals surface area contributed by atoms with E-state index in [0.717, 1.165) is 37.6 Å². The summed E-state index contributed by atoms with van der Waals surface area (Å²) in [5.74, 6) is 1.10. The summed E-state index contributed by atoms with van der Waals surface area (Å²) in [6.07, 6.45) is 1.68. The third-order valence-corrected chi connectivity index (χ3v) is 5.74. The molecule has 3 rings (SSSR count). The lowest BCUT2D eigenvalue weighted by Gasteiger charge is -2.15. The number of hydrogen-bond donors (Lipinski definition) is 2. The van der Waals surface area contributed by atoms with Crippen molar-refractivity contribution >= 4 is 23.2 Å². The Labute approximate surface area is 165 Å². The van der Waals surface area contributed by atoms with Crippen molar-refractivity contribution < 1.29 is 4.79 Å². The Bertz CT molecular complexity index is 782. The van der Waals surface area contributed by atoms with E-state index >= 15 is 0 Å². The lowest BCUT2D eigenvalue weighted by atomic mass is 10.1. The average molecular weight is 385 g/mol. The summed E-state index contributed by atoms with van der Waals surface area (Å²) >= 11 is 1.77. The van der Waals surface area contributed by atoms with E-state index in [-0.39, 0.29) is 5.91 Å². The van der Waals surface area contributed by atoms with Crippen LogP contribution in [0, 0.1) is 6.92 Å². The van der Waals surface area contributed by atoms with Crippen molar-refractivity contribution in [3.8, 4) is 0 Å². The fraction of sp³-hybridized carbons (Fsp3) is 0.429. The average Bonchev–Trinajstić information content (AvgIpc) is 3.27. The fourth-order valence-electron chi connectivity index (χ4n) is 3.10. The van der Waals surface area contributed by atoms with Gasteiger partial charge in [-0.25, -0.2) is 4.99 Å². The molecule has 0 bridgehead atoms. The summed E-state index contributed by atoms with van der Waals surface area (Å²) in [7, 11) is 0. The number of nitrogens with one attached hydrogen (secondary N) is 2. The number of benzene rings is 1. The van der Waals surface area contributed by atoms with Crippen LogP contribution in [0.15, 0.2) is 40.7 Å². The molecule has 2 heterocycles. The predicted octanol–water partition coefficient (Wildman–Crippen LogP) is 3.43. The lowest BCUT2D eigenvalue weighted by molar-refractivity contribution is -0.128. The third-order valence-electron chi connectivity index (χ3n) is 4.72. The van der Waals surface area contributed by atoms with E-state index in [9.17, 15) is 4.79 Å². The minimum absolute atomic E-state index is 0.269. The number of nitrogens with zero attached hydrogens (tertiary/aromatic N) is 2. The van der Waals surface area contributed by atoms with Gasteiger partial charge in [-0.05, 0) is 48.4 Å². The summed E-state index contributed by atoms with van der Waals surface area (Å²) in [6.45, 7) is 8.05. The minimum Gasteiger partial charge on any atom is -0.357 e. The number of guanidine groups is 1. The zero-order chi connectivity index (χ0) is 19.1. The highest BCUT2D eigenvalue weighted by molar-refractivity contribution is 7.10. The van der Waals surface area contributed by atoms with E-state index in [4.69, 9.17) is 4.99 Å². The molecule has 5 nitrogen and oxygen atoms in total. The second-order valence-electron chi connectivity index (χ2n) is 6.81. The van der Waals surface area contributed by atoms with Crippen LogP contribution in [-0.4, -0.2) is 29.9 Å². The largest absolute Gasteiger partial charge is 0.357 e. The van der Waals surface area contributed by atoms with Crippen LogP contribution in [0.3, 0.4) is 0 Å². The molecule has 1 aliphatic rings. The van der Waals surface area contributed by atoms with Gasteiger partial charge in [-0.2, -0.15) is 0 Å². The van der Waals surface area contributed by atoms with Crippen molar-refractivity contribution in [1.29, 1.82) is 0 Å². The molecule has 0 unspecified atom stereocenters. The van der Waals surface area contributed by atoms with Gasteiger partial charge in [0.25, 0.3) is 0 Å². The van der Waals surface area contributed by atoms with Crippen molar-refractivity contribution in [3.05, 3.63) is 57.3 Å². The maximum absolute atomic E-state index is 11.7. The summed E-state index contributed by atoms with van der Waals surface area (Å²) in [5, 5.41) is 8.82. The number of aliphatic imine (C=N–C) groups is 1. The number of carbonyl (C=O) groups is 1. The Morgan fingerprint density at radius 1 is 1.19 bits per heavy atom. The molecule has 27 heavy (non-hydrogen) atoms. The van der Waals surface area contributed by atoms with E-state index in [1.54, 1.807) is 11.3 Å². The van der Waals surface area contributed by atoms with Crippen LogP contribution in [0.4, 0.5) is 0 Å². The molecule has 1 aromatic heterocycles. The monoisotopic (exact) mass is 384 g/mol. The number of carbonyl (C=O) groups excluding carboxylic acids is 1. The minimum atomic E-state index is 0.269. The zero-order valence-electron chi connectivity index (χ0n) is 16.1. The van der Waals surface area contributed by atoms with Gasteiger partial charge in [0.05, 0.1) is 13.1 Å². The summed E-state index contributed by atoms with van der Waals surface area (Å²) in [6, 6.07) is 10.6. The van der Waals surface area contributed by atoms with Crippen molar-refractivity contribution in [2.24, 2.45) is 4.99 Å². The lowest BCUT2D eigenvalue weighted by Crippen LogP contribution is -2.36. The summed E-state index contributed by atoms with van der Waals surface area (Å²) in [4.78, 5) is 19.7. The van der Waals surface area contributed by atoms with Gasteiger partial charge in [0.15, 0.2) is 5.96 Å². The van der Waals surface area contributed by atoms with Crippen LogP contribution >= 0.6 is 11.3 Å². The van der Waals surface area contributed by atoms with Crippen LogP contribution in [-0.2, 0) is 24.4 Å². The van der Waals surface area contributed by atoms with Crippen LogP contribution in [0.5, 0.6) is 0 Å². The molecule has 0 aliphatic carbocycles. The number of rotatable bonds is 7.